The first-order valence-corrected chi connectivity index (χ1v) is 13.7. The number of hydrogen-bond donors (Lipinski definition) is 0. The van der Waals surface area contributed by atoms with Gasteiger partial charge >= 0.3 is 0 Å². The van der Waals surface area contributed by atoms with Crippen molar-refractivity contribution in [2.75, 3.05) is 9.80 Å². The molecule has 0 heterocycles. The zero-order valence-corrected chi connectivity index (χ0v) is 22.9. The van der Waals surface area contributed by atoms with Gasteiger partial charge in [-0.1, -0.05) is 115 Å². The maximum atomic E-state index is 2.42. The summed E-state index contributed by atoms with van der Waals surface area (Å²) in [5.74, 6) is 0. The second kappa shape index (κ2) is 11.3. The van der Waals surface area contributed by atoms with E-state index in [9.17, 15) is 0 Å². The normalized spacial score (nSPS) is 10.8. The van der Waals surface area contributed by atoms with Crippen molar-refractivity contribution < 1.29 is 0 Å². The summed E-state index contributed by atoms with van der Waals surface area (Å²) in [6.45, 7) is 4.37. The van der Waals surface area contributed by atoms with E-state index in [1.54, 1.807) is 0 Å². The lowest BCUT2D eigenvalue weighted by atomic mass is 9.98. The van der Waals surface area contributed by atoms with Crippen LogP contribution in [0.4, 0.5) is 34.1 Å². The summed E-state index contributed by atoms with van der Waals surface area (Å²) in [6.07, 6.45) is 0. The summed E-state index contributed by atoms with van der Waals surface area (Å²) in [7, 11) is 0. The summed E-state index contributed by atoms with van der Waals surface area (Å²) >= 11 is 0. The Morgan fingerprint density at radius 3 is 1.32 bits per heavy atom. The van der Waals surface area contributed by atoms with E-state index in [1.807, 2.05) is 0 Å². The minimum Gasteiger partial charge on any atom is -0.308 e. The van der Waals surface area contributed by atoms with Gasteiger partial charge < -0.3 is 9.80 Å². The highest BCUT2D eigenvalue weighted by atomic mass is 15.2. The number of aryl methyl sites for hydroxylation is 2. The van der Waals surface area contributed by atoms with Gasteiger partial charge in [-0.25, -0.2) is 0 Å². The molecule has 0 atom stereocenters. The molecule has 194 valence electrons. The first-order chi connectivity index (χ1) is 19.7. The molecule has 0 fully saturated rings. The Bertz CT molecular complexity index is 1710. The van der Waals surface area contributed by atoms with Crippen LogP contribution in [0.5, 0.6) is 0 Å². The largest absolute Gasteiger partial charge is 0.308 e. The standard InChI is InChI=1S/C38H32N2/c1-29-17-12-14-26-35(29)39(32-21-8-4-9-22-32)37-28-16-25-34(31-19-6-3-7-20-31)38(37)40(33-23-10-5-11-24-33)36-27-15-13-18-30(36)2/h3-28H,1-2H3. The zero-order valence-electron chi connectivity index (χ0n) is 22.9. The van der Waals surface area contributed by atoms with Crippen LogP contribution in [0.25, 0.3) is 11.1 Å². The van der Waals surface area contributed by atoms with Crippen molar-refractivity contribution in [1.29, 1.82) is 0 Å². The minimum atomic E-state index is 1.11. The van der Waals surface area contributed by atoms with Gasteiger partial charge in [0, 0.05) is 28.3 Å². The van der Waals surface area contributed by atoms with Crippen LogP contribution in [-0.2, 0) is 0 Å². The van der Waals surface area contributed by atoms with Gasteiger partial charge in [0.15, 0.2) is 0 Å². The number of nitrogens with zero attached hydrogens (tertiary/aromatic N) is 2. The Morgan fingerprint density at radius 2 is 0.775 bits per heavy atom. The van der Waals surface area contributed by atoms with Gasteiger partial charge in [0.2, 0.25) is 0 Å². The SMILES string of the molecule is Cc1ccccc1N(c1ccccc1)c1cccc(-c2ccccc2)c1N(c1ccccc1)c1ccccc1C. The molecule has 0 aromatic heterocycles. The Labute approximate surface area is 237 Å². The van der Waals surface area contributed by atoms with Crippen LogP contribution in [0.1, 0.15) is 11.1 Å². The second-order valence-corrected chi connectivity index (χ2v) is 9.95. The van der Waals surface area contributed by atoms with E-state index in [4.69, 9.17) is 0 Å². The minimum absolute atomic E-state index is 1.11. The van der Waals surface area contributed by atoms with Crippen molar-refractivity contribution in [1.82, 2.24) is 0 Å². The highest BCUT2D eigenvalue weighted by molar-refractivity contribution is 5.99. The molecule has 6 aromatic rings. The van der Waals surface area contributed by atoms with Gasteiger partial charge in [-0.2, -0.15) is 0 Å². The van der Waals surface area contributed by atoms with E-state index in [1.165, 1.54) is 22.3 Å². The molecular weight excluding hydrogens is 484 g/mol. The molecule has 6 aromatic carbocycles. The van der Waals surface area contributed by atoms with Gasteiger partial charge in [0.1, 0.15) is 0 Å². The topological polar surface area (TPSA) is 6.48 Å². The highest BCUT2D eigenvalue weighted by Gasteiger charge is 2.26. The van der Waals surface area contributed by atoms with E-state index in [2.05, 4.69) is 181 Å². The average Bonchev–Trinajstić information content (AvgIpc) is 3.01. The third-order valence-electron chi connectivity index (χ3n) is 7.31. The lowest BCUT2D eigenvalue weighted by Gasteiger charge is -2.35. The van der Waals surface area contributed by atoms with Crippen LogP contribution in [0.15, 0.2) is 158 Å². The van der Waals surface area contributed by atoms with E-state index in [0.717, 1.165) is 34.1 Å². The molecule has 0 saturated heterocycles. The summed E-state index contributed by atoms with van der Waals surface area (Å²) in [4.78, 5) is 4.81. The molecule has 0 bridgehead atoms. The fraction of sp³-hybridized carbons (Fsp3) is 0.0526. The Kier molecular flexibility index (Phi) is 7.15. The number of anilines is 6. The summed E-state index contributed by atoms with van der Waals surface area (Å²) < 4.78 is 0. The maximum absolute atomic E-state index is 2.42. The molecule has 0 aliphatic rings. The Hall–Kier alpha value is -5.08. The van der Waals surface area contributed by atoms with Gasteiger partial charge in [0.05, 0.1) is 11.4 Å². The van der Waals surface area contributed by atoms with Gasteiger partial charge in [-0.3, -0.25) is 0 Å². The van der Waals surface area contributed by atoms with Gasteiger partial charge in [-0.05, 0) is 73.0 Å². The van der Waals surface area contributed by atoms with E-state index in [-0.39, 0.29) is 0 Å². The lowest BCUT2D eigenvalue weighted by molar-refractivity contribution is 1.20. The first kappa shape index (κ1) is 25.2. The highest BCUT2D eigenvalue weighted by Crippen LogP contribution is 2.50. The van der Waals surface area contributed by atoms with Crippen molar-refractivity contribution >= 4 is 34.1 Å². The predicted molar refractivity (Wildman–Crippen MR) is 171 cm³/mol. The molecular formula is C38H32N2. The predicted octanol–water partition coefficient (Wildman–Crippen LogP) is 10.9. The van der Waals surface area contributed by atoms with Crippen LogP contribution >= 0.6 is 0 Å². The van der Waals surface area contributed by atoms with Crippen molar-refractivity contribution in [3.05, 3.63) is 169 Å². The van der Waals surface area contributed by atoms with Crippen molar-refractivity contribution in [3.8, 4) is 11.1 Å². The monoisotopic (exact) mass is 516 g/mol. The van der Waals surface area contributed by atoms with Gasteiger partial charge in [0.25, 0.3) is 0 Å². The molecule has 0 spiro atoms. The molecule has 0 aliphatic carbocycles. The third kappa shape index (κ3) is 4.88. The van der Waals surface area contributed by atoms with Crippen LogP contribution < -0.4 is 9.80 Å². The number of hydrogen-bond acceptors (Lipinski definition) is 2. The number of para-hydroxylation sites is 5. The molecule has 40 heavy (non-hydrogen) atoms. The van der Waals surface area contributed by atoms with Crippen molar-refractivity contribution in [2.24, 2.45) is 0 Å². The van der Waals surface area contributed by atoms with Crippen LogP contribution in [0, 0.1) is 13.8 Å². The van der Waals surface area contributed by atoms with E-state index in [0.29, 0.717) is 0 Å². The lowest BCUT2D eigenvalue weighted by Crippen LogP contribution is -2.19. The number of benzene rings is 6. The molecule has 0 aliphatic heterocycles. The fourth-order valence-electron chi connectivity index (χ4n) is 5.38. The molecule has 0 unspecified atom stereocenters. The number of rotatable bonds is 7. The summed E-state index contributed by atoms with van der Waals surface area (Å²) in [5.41, 5.74) is 11.5. The van der Waals surface area contributed by atoms with Crippen LogP contribution in [-0.4, -0.2) is 0 Å². The average molecular weight is 517 g/mol. The molecule has 0 amide bonds. The summed E-state index contributed by atoms with van der Waals surface area (Å²) in [6, 6.07) is 56.0. The Balaban J connectivity index is 1.74. The maximum Gasteiger partial charge on any atom is 0.0781 e. The van der Waals surface area contributed by atoms with Crippen LogP contribution in [0.3, 0.4) is 0 Å². The molecule has 2 nitrogen and oxygen atoms in total. The molecule has 0 radical (unpaired) electrons. The molecule has 2 heteroatoms. The van der Waals surface area contributed by atoms with Crippen molar-refractivity contribution in [2.45, 2.75) is 13.8 Å². The fourth-order valence-corrected chi connectivity index (χ4v) is 5.38. The first-order valence-electron chi connectivity index (χ1n) is 13.7. The van der Waals surface area contributed by atoms with Crippen LogP contribution in [0.2, 0.25) is 0 Å². The molecule has 0 saturated carbocycles. The van der Waals surface area contributed by atoms with E-state index >= 15 is 0 Å². The quantitative estimate of drug-likeness (QED) is 0.208. The zero-order chi connectivity index (χ0) is 27.3. The molecule has 0 N–H and O–H groups in total. The van der Waals surface area contributed by atoms with E-state index < -0.39 is 0 Å². The van der Waals surface area contributed by atoms with Crippen molar-refractivity contribution in [3.63, 3.8) is 0 Å². The smallest absolute Gasteiger partial charge is 0.0781 e. The van der Waals surface area contributed by atoms with Gasteiger partial charge in [-0.15, -0.1) is 0 Å². The summed E-state index contributed by atoms with van der Waals surface area (Å²) in [5, 5.41) is 0. The third-order valence-corrected chi connectivity index (χ3v) is 7.31. The molecule has 6 rings (SSSR count). The second-order valence-electron chi connectivity index (χ2n) is 9.95. The Morgan fingerprint density at radius 1 is 0.350 bits per heavy atom.